The lowest BCUT2D eigenvalue weighted by molar-refractivity contribution is -0.121. The molecule has 2 unspecified atom stereocenters. The molecule has 1 saturated carbocycles. The minimum absolute atomic E-state index is 0.278. The van der Waals surface area contributed by atoms with Crippen molar-refractivity contribution >= 4 is 5.91 Å². The van der Waals surface area contributed by atoms with Gasteiger partial charge in [0.2, 0.25) is 5.91 Å². The molecule has 1 aliphatic heterocycles. The van der Waals surface area contributed by atoms with E-state index in [1.54, 1.807) is 0 Å². The molecule has 2 N–H and O–H groups in total. The van der Waals surface area contributed by atoms with Crippen molar-refractivity contribution < 1.29 is 4.79 Å². The van der Waals surface area contributed by atoms with E-state index in [0.29, 0.717) is 6.04 Å². The Labute approximate surface area is 105 Å². The Balaban J connectivity index is 1.45. The van der Waals surface area contributed by atoms with Crippen molar-refractivity contribution in [3.8, 4) is 0 Å². The molecule has 2 rings (SSSR count). The molecular formula is C14H26N2O. The van der Waals surface area contributed by atoms with Crippen LogP contribution in [-0.2, 0) is 4.79 Å². The lowest BCUT2D eigenvalue weighted by Crippen LogP contribution is -2.32. The van der Waals surface area contributed by atoms with Gasteiger partial charge in [-0.05, 0) is 18.3 Å². The molecule has 0 aromatic rings. The van der Waals surface area contributed by atoms with Crippen molar-refractivity contribution in [2.24, 2.45) is 11.8 Å². The largest absolute Gasteiger partial charge is 0.353 e. The summed E-state index contributed by atoms with van der Waals surface area (Å²) in [4.78, 5) is 11.7. The minimum atomic E-state index is 0.278. The Bertz CT molecular complexity index is 245. The molecule has 3 heteroatoms. The van der Waals surface area contributed by atoms with E-state index < -0.39 is 0 Å². The minimum Gasteiger partial charge on any atom is -0.353 e. The van der Waals surface area contributed by atoms with Crippen LogP contribution in [0.15, 0.2) is 0 Å². The quantitative estimate of drug-likeness (QED) is 0.636. The molecule has 2 fully saturated rings. The number of amides is 1. The van der Waals surface area contributed by atoms with Crippen molar-refractivity contribution in [2.45, 2.75) is 57.9 Å². The van der Waals surface area contributed by atoms with Crippen molar-refractivity contribution in [3.05, 3.63) is 0 Å². The molecule has 0 aromatic heterocycles. The molecule has 0 spiro atoms. The molecule has 1 saturated heterocycles. The predicted molar refractivity (Wildman–Crippen MR) is 69.8 cm³/mol. The topological polar surface area (TPSA) is 41.1 Å². The Morgan fingerprint density at radius 2 is 1.76 bits per heavy atom. The second kappa shape index (κ2) is 6.39. The van der Waals surface area contributed by atoms with Crippen LogP contribution >= 0.6 is 0 Å². The van der Waals surface area contributed by atoms with E-state index in [2.05, 4.69) is 17.6 Å². The normalized spacial score (nSPS) is 30.1. The highest BCUT2D eigenvalue weighted by Crippen LogP contribution is 2.41. The molecule has 0 radical (unpaired) electrons. The van der Waals surface area contributed by atoms with Crippen LogP contribution in [0.2, 0.25) is 0 Å². The average molecular weight is 238 g/mol. The number of hydrogen-bond acceptors (Lipinski definition) is 2. The van der Waals surface area contributed by atoms with Gasteiger partial charge in [-0.25, -0.2) is 0 Å². The van der Waals surface area contributed by atoms with Crippen LogP contribution in [0.1, 0.15) is 51.9 Å². The van der Waals surface area contributed by atoms with Gasteiger partial charge >= 0.3 is 0 Å². The van der Waals surface area contributed by atoms with E-state index in [4.69, 9.17) is 0 Å². The van der Waals surface area contributed by atoms with Crippen LogP contribution < -0.4 is 10.6 Å². The summed E-state index contributed by atoms with van der Waals surface area (Å²) in [6.07, 6.45) is 8.26. The fraction of sp³-hybridized carbons (Fsp3) is 0.929. The van der Waals surface area contributed by atoms with E-state index in [1.165, 1.54) is 32.1 Å². The number of carbonyl (C=O) groups is 1. The summed E-state index contributed by atoms with van der Waals surface area (Å²) < 4.78 is 0. The van der Waals surface area contributed by atoms with Gasteiger partial charge in [0.1, 0.15) is 0 Å². The summed E-state index contributed by atoms with van der Waals surface area (Å²) in [5.74, 6) is 1.76. The maximum Gasteiger partial charge on any atom is 0.220 e. The zero-order valence-electron chi connectivity index (χ0n) is 11.0. The number of rotatable bonds is 8. The average Bonchev–Trinajstić information content (AvgIpc) is 2.78. The highest BCUT2D eigenvalue weighted by atomic mass is 16.1. The van der Waals surface area contributed by atoms with Gasteiger partial charge in [0.05, 0.1) is 0 Å². The second-order valence-corrected chi connectivity index (χ2v) is 5.60. The molecule has 1 aliphatic carbocycles. The summed E-state index contributed by atoms with van der Waals surface area (Å²) in [7, 11) is 0. The van der Waals surface area contributed by atoms with Gasteiger partial charge in [-0.15, -0.1) is 0 Å². The second-order valence-electron chi connectivity index (χ2n) is 5.60. The maximum absolute atomic E-state index is 11.7. The van der Waals surface area contributed by atoms with E-state index >= 15 is 0 Å². The molecule has 0 aromatic carbocycles. The molecular weight excluding hydrogens is 212 g/mol. The molecule has 98 valence electrons. The number of unbranched alkanes of at least 4 members (excludes halogenated alkanes) is 5. The van der Waals surface area contributed by atoms with Crippen molar-refractivity contribution in [1.82, 2.24) is 10.6 Å². The molecule has 1 heterocycles. The number of hydrogen-bond donors (Lipinski definition) is 2. The fourth-order valence-electron chi connectivity index (χ4n) is 2.96. The summed E-state index contributed by atoms with van der Waals surface area (Å²) in [5.41, 5.74) is 0. The lowest BCUT2D eigenvalue weighted by atomic mass is 10.1. The Morgan fingerprint density at radius 1 is 1.12 bits per heavy atom. The van der Waals surface area contributed by atoms with Crippen LogP contribution in [0.5, 0.6) is 0 Å². The first-order chi connectivity index (χ1) is 8.33. The summed E-state index contributed by atoms with van der Waals surface area (Å²) in [6.45, 7) is 4.44. The number of piperidine rings is 1. The zero-order chi connectivity index (χ0) is 12.1. The van der Waals surface area contributed by atoms with E-state index in [0.717, 1.165) is 37.8 Å². The highest BCUT2D eigenvalue weighted by molar-refractivity contribution is 5.76. The van der Waals surface area contributed by atoms with Crippen LogP contribution in [0.25, 0.3) is 0 Å². The molecule has 2 aliphatic rings. The summed E-state index contributed by atoms with van der Waals surface area (Å²) in [6, 6.07) is 0.504. The van der Waals surface area contributed by atoms with E-state index in [9.17, 15) is 4.79 Å². The monoisotopic (exact) mass is 238 g/mol. The lowest BCUT2D eigenvalue weighted by Gasteiger charge is -2.07. The third kappa shape index (κ3) is 3.70. The third-order valence-electron chi connectivity index (χ3n) is 4.18. The summed E-state index contributed by atoms with van der Waals surface area (Å²) >= 11 is 0. The standard InChI is InChI=1S/C14H26N2O/c1-2-3-4-5-6-7-8-13(17)16-14-11-9-15-10-12(11)14/h11-12,14-15H,2-10H2,1H3,(H,16,17). The van der Waals surface area contributed by atoms with Gasteiger partial charge in [0.25, 0.3) is 0 Å². The smallest absolute Gasteiger partial charge is 0.220 e. The Kier molecular flexibility index (Phi) is 4.84. The summed E-state index contributed by atoms with van der Waals surface area (Å²) in [5, 5.41) is 6.52. The fourth-order valence-corrected chi connectivity index (χ4v) is 2.96. The van der Waals surface area contributed by atoms with Gasteiger partial charge in [-0.3, -0.25) is 4.79 Å². The first-order valence-electron chi connectivity index (χ1n) is 7.33. The number of fused-ring (bicyclic) bond motifs is 1. The Morgan fingerprint density at radius 3 is 2.47 bits per heavy atom. The van der Waals surface area contributed by atoms with Crippen molar-refractivity contribution in [1.29, 1.82) is 0 Å². The first-order valence-corrected chi connectivity index (χ1v) is 7.33. The van der Waals surface area contributed by atoms with Gasteiger partial charge in [-0.2, -0.15) is 0 Å². The van der Waals surface area contributed by atoms with E-state index in [1.807, 2.05) is 0 Å². The number of nitrogens with one attached hydrogen (secondary N) is 2. The van der Waals surface area contributed by atoms with Gasteiger partial charge < -0.3 is 10.6 Å². The number of carbonyl (C=O) groups excluding carboxylic acids is 1. The molecule has 3 nitrogen and oxygen atoms in total. The molecule has 1 amide bonds. The van der Waals surface area contributed by atoms with Crippen LogP contribution in [0.3, 0.4) is 0 Å². The zero-order valence-corrected chi connectivity index (χ0v) is 11.0. The van der Waals surface area contributed by atoms with Gasteiger partial charge in [-0.1, -0.05) is 39.0 Å². The van der Waals surface area contributed by atoms with E-state index in [-0.39, 0.29) is 5.91 Å². The third-order valence-corrected chi connectivity index (χ3v) is 4.18. The molecule has 2 atom stereocenters. The van der Waals surface area contributed by atoms with Gasteiger partial charge in [0.15, 0.2) is 0 Å². The molecule has 0 bridgehead atoms. The van der Waals surface area contributed by atoms with Crippen LogP contribution in [0, 0.1) is 11.8 Å². The Hall–Kier alpha value is -0.570. The van der Waals surface area contributed by atoms with Gasteiger partial charge in [0, 0.05) is 25.6 Å². The SMILES string of the molecule is CCCCCCCCC(=O)NC1C2CNCC21. The highest BCUT2D eigenvalue weighted by Gasteiger charge is 2.53. The first kappa shape index (κ1) is 12.9. The van der Waals surface area contributed by atoms with Crippen LogP contribution in [0.4, 0.5) is 0 Å². The van der Waals surface area contributed by atoms with Crippen molar-refractivity contribution in [2.75, 3.05) is 13.1 Å². The predicted octanol–water partition coefficient (Wildman–Crippen LogP) is 2.07. The maximum atomic E-state index is 11.7. The van der Waals surface area contributed by atoms with Crippen LogP contribution in [-0.4, -0.2) is 25.0 Å². The van der Waals surface area contributed by atoms with Crippen molar-refractivity contribution in [3.63, 3.8) is 0 Å². The molecule has 17 heavy (non-hydrogen) atoms.